The fourth-order valence-corrected chi connectivity index (χ4v) is 5.31. The highest BCUT2D eigenvalue weighted by molar-refractivity contribution is 5.94. The third-order valence-electron chi connectivity index (χ3n) is 7.37. The Hall–Kier alpha value is -5.68. The Kier molecular flexibility index (Phi) is 5.38. The number of pyridine rings is 1. The normalized spacial score (nSPS) is 11.4. The summed E-state index contributed by atoms with van der Waals surface area (Å²) < 4.78 is 5.98. The molecule has 8 rings (SSSR count). The van der Waals surface area contributed by atoms with Gasteiger partial charge in [0.05, 0.1) is 27.9 Å². The lowest BCUT2D eigenvalue weighted by Gasteiger charge is -2.12. The van der Waals surface area contributed by atoms with Gasteiger partial charge in [0.1, 0.15) is 5.52 Å². The van der Waals surface area contributed by atoms with Crippen molar-refractivity contribution in [1.82, 2.24) is 19.9 Å². The first-order valence-electron chi connectivity index (χ1n) is 13.5. The molecule has 0 atom stereocenters. The number of benzene rings is 5. The molecular weight excluding hydrogens is 504 g/mol. The van der Waals surface area contributed by atoms with E-state index in [1.807, 2.05) is 72.9 Å². The zero-order valence-corrected chi connectivity index (χ0v) is 21.9. The molecule has 0 fully saturated rings. The number of para-hydroxylation sites is 5. The monoisotopic (exact) mass is 526 g/mol. The molecule has 5 heteroatoms. The molecule has 0 aliphatic rings. The molecule has 8 aromatic rings. The van der Waals surface area contributed by atoms with Gasteiger partial charge >= 0.3 is 0 Å². The van der Waals surface area contributed by atoms with Crippen LogP contribution in [0, 0.1) is 0 Å². The van der Waals surface area contributed by atoms with Gasteiger partial charge in [-0.3, -0.25) is 4.98 Å². The van der Waals surface area contributed by atoms with Crippen LogP contribution in [0.1, 0.15) is 0 Å². The summed E-state index contributed by atoms with van der Waals surface area (Å²) in [5.41, 5.74) is 11.1. The lowest BCUT2D eigenvalue weighted by Crippen LogP contribution is -1.95. The average Bonchev–Trinajstić information content (AvgIpc) is 3.49. The van der Waals surface area contributed by atoms with Crippen LogP contribution in [0.25, 0.3) is 78.1 Å². The molecule has 3 aromatic heterocycles. The van der Waals surface area contributed by atoms with E-state index in [0.29, 0.717) is 5.89 Å². The molecule has 0 saturated heterocycles. The predicted octanol–water partition coefficient (Wildman–Crippen LogP) is 8.99. The van der Waals surface area contributed by atoms with E-state index in [4.69, 9.17) is 14.4 Å². The summed E-state index contributed by atoms with van der Waals surface area (Å²) in [4.78, 5) is 19.4. The number of rotatable bonds is 4. The Morgan fingerprint density at radius 2 is 1.02 bits per heavy atom. The lowest BCUT2D eigenvalue weighted by molar-refractivity contribution is 0.620. The SMILES string of the molecule is c1cnc2c(-c3ccc(-c4nc5ccccc5nc4-c4ccc(-c5nc6ccccc6o5)cc4)cc3)cccc2c1. The second-order valence-corrected chi connectivity index (χ2v) is 9.93. The summed E-state index contributed by atoms with van der Waals surface area (Å²) in [6.45, 7) is 0. The van der Waals surface area contributed by atoms with E-state index in [9.17, 15) is 0 Å². The molecule has 0 N–H and O–H groups in total. The summed E-state index contributed by atoms with van der Waals surface area (Å²) in [6, 6.07) is 42.8. The Morgan fingerprint density at radius 1 is 0.439 bits per heavy atom. The Bertz CT molecular complexity index is 2160. The van der Waals surface area contributed by atoms with Gasteiger partial charge in [0, 0.05) is 33.8 Å². The summed E-state index contributed by atoms with van der Waals surface area (Å²) in [6.07, 6.45) is 1.84. The van der Waals surface area contributed by atoms with Gasteiger partial charge in [-0.05, 0) is 48.0 Å². The second kappa shape index (κ2) is 9.50. The molecule has 5 aromatic carbocycles. The van der Waals surface area contributed by atoms with Crippen LogP contribution in [0.3, 0.4) is 0 Å². The quantitative estimate of drug-likeness (QED) is 0.229. The van der Waals surface area contributed by atoms with Crippen molar-refractivity contribution >= 4 is 33.0 Å². The van der Waals surface area contributed by atoms with Crippen molar-refractivity contribution in [1.29, 1.82) is 0 Å². The van der Waals surface area contributed by atoms with Crippen molar-refractivity contribution < 1.29 is 4.42 Å². The van der Waals surface area contributed by atoms with E-state index in [1.165, 1.54) is 0 Å². The highest BCUT2D eigenvalue weighted by Gasteiger charge is 2.15. The molecule has 0 amide bonds. The molecule has 0 spiro atoms. The van der Waals surface area contributed by atoms with Crippen LogP contribution in [0.5, 0.6) is 0 Å². The number of oxazole rings is 1. The van der Waals surface area contributed by atoms with E-state index < -0.39 is 0 Å². The number of nitrogens with zero attached hydrogens (tertiary/aromatic N) is 4. The molecule has 0 aliphatic carbocycles. The first-order valence-corrected chi connectivity index (χ1v) is 13.5. The number of fused-ring (bicyclic) bond motifs is 3. The molecule has 192 valence electrons. The fourth-order valence-electron chi connectivity index (χ4n) is 5.31. The Labute approximate surface area is 235 Å². The fraction of sp³-hybridized carbons (Fsp3) is 0. The van der Waals surface area contributed by atoms with Crippen LogP contribution in [0.2, 0.25) is 0 Å². The summed E-state index contributed by atoms with van der Waals surface area (Å²) in [7, 11) is 0. The molecule has 0 radical (unpaired) electrons. The molecule has 5 nitrogen and oxygen atoms in total. The van der Waals surface area contributed by atoms with E-state index in [-0.39, 0.29) is 0 Å². The van der Waals surface area contributed by atoms with Crippen molar-refractivity contribution in [3.63, 3.8) is 0 Å². The minimum atomic E-state index is 0.598. The summed E-state index contributed by atoms with van der Waals surface area (Å²) in [5.74, 6) is 0.598. The predicted molar refractivity (Wildman–Crippen MR) is 164 cm³/mol. The zero-order chi connectivity index (χ0) is 27.2. The third-order valence-corrected chi connectivity index (χ3v) is 7.37. The molecule has 0 saturated carbocycles. The molecule has 0 unspecified atom stereocenters. The number of aromatic nitrogens is 4. The minimum Gasteiger partial charge on any atom is -0.436 e. The topological polar surface area (TPSA) is 64.7 Å². The largest absolute Gasteiger partial charge is 0.436 e. The molecule has 0 aliphatic heterocycles. The number of hydrogen-bond acceptors (Lipinski definition) is 5. The van der Waals surface area contributed by atoms with E-state index in [0.717, 1.165) is 72.2 Å². The van der Waals surface area contributed by atoms with Crippen molar-refractivity contribution in [2.24, 2.45) is 0 Å². The van der Waals surface area contributed by atoms with Crippen LogP contribution < -0.4 is 0 Å². The smallest absolute Gasteiger partial charge is 0.227 e. The first kappa shape index (κ1) is 23.2. The van der Waals surface area contributed by atoms with Gasteiger partial charge in [-0.15, -0.1) is 0 Å². The molecule has 3 heterocycles. The highest BCUT2D eigenvalue weighted by Crippen LogP contribution is 2.35. The zero-order valence-electron chi connectivity index (χ0n) is 21.9. The lowest BCUT2D eigenvalue weighted by atomic mass is 9.98. The van der Waals surface area contributed by atoms with Crippen LogP contribution in [-0.2, 0) is 0 Å². The van der Waals surface area contributed by atoms with Gasteiger partial charge in [0.15, 0.2) is 5.58 Å². The van der Waals surface area contributed by atoms with Crippen molar-refractivity contribution in [3.05, 3.63) is 134 Å². The first-order chi connectivity index (χ1) is 20.3. The summed E-state index contributed by atoms with van der Waals surface area (Å²) in [5, 5.41) is 1.12. The van der Waals surface area contributed by atoms with Crippen LogP contribution >= 0.6 is 0 Å². The van der Waals surface area contributed by atoms with Crippen LogP contribution in [0.15, 0.2) is 138 Å². The molecule has 0 bridgehead atoms. The van der Waals surface area contributed by atoms with Gasteiger partial charge < -0.3 is 4.42 Å². The average molecular weight is 527 g/mol. The van der Waals surface area contributed by atoms with Crippen molar-refractivity contribution in [2.75, 3.05) is 0 Å². The van der Waals surface area contributed by atoms with Gasteiger partial charge in [-0.1, -0.05) is 84.9 Å². The Morgan fingerprint density at radius 3 is 1.71 bits per heavy atom. The molecule has 41 heavy (non-hydrogen) atoms. The van der Waals surface area contributed by atoms with Crippen molar-refractivity contribution in [2.45, 2.75) is 0 Å². The highest BCUT2D eigenvalue weighted by atomic mass is 16.3. The maximum Gasteiger partial charge on any atom is 0.227 e. The van der Waals surface area contributed by atoms with Gasteiger partial charge in [0.2, 0.25) is 5.89 Å². The maximum absolute atomic E-state index is 5.98. The van der Waals surface area contributed by atoms with Gasteiger partial charge in [-0.25, -0.2) is 15.0 Å². The van der Waals surface area contributed by atoms with E-state index >= 15 is 0 Å². The summed E-state index contributed by atoms with van der Waals surface area (Å²) >= 11 is 0. The van der Waals surface area contributed by atoms with Crippen molar-refractivity contribution in [3.8, 4) is 45.1 Å². The van der Waals surface area contributed by atoms with Crippen LogP contribution in [-0.4, -0.2) is 19.9 Å². The number of hydrogen-bond donors (Lipinski definition) is 0. The Balaban J connectivity index is 1.22. The van der Waals surface area contributed by atoms with Gasteiger partial charge in [-0.2, -0.15) is 0 Å². The van der Waals surface area contributed by atoms with E-state index in [1.54, 1.807) is 0 Å². The molecular formula is C36H22N4O. The van der Waals surface area contributed by atoms with E-state index in [2.05, 4.69) is 70.6 Å². The van der Waals surface area contributed by atoms with Gasteiger partial charge in [0.25, 0.3) is 0 Å². The standard InChI is InChI=1S/C36H22N4O/c1-2-11-30-29(10-1)38-34(25-16-14-23(15-17-25)28-9-5-7-24-8-6-22-37-33(24)28)35(39-30)26-18-20-27(21-19-26)36-40-31-12-3-4-13-32(31)41-36/h1-22H. The van der Waals surface area contributed by atoms with Crippen LogP contribution in [0.4, 0.5) is 0 Å². The second-order valence-electron chi connectivity index (χ2n) is 9.93. The maximum atomic E-state index is 5.98. The third kappa shape index (κ3) is 4.12. The minimum absolute atomic E-state index is 0.598.